The number of aromatic carboxylic acids is 1. The van der Waals surface area contributed by atoms with Crippen molar-refractivity contribution in [2.45, 2.75) is 18.4 Å². The third-order valence-electron chi connectivity index (χ3n) is 5.25. The Bertz CT molecular complexity index is 1370. The van der Waals surface area contributed by atoms with Crippen LogP contribution < -0.4 is 4.74 Å². The normalized spacial score (nSPS) is 11.0. The average Bonchev–Trinajstić information content (AvgIpc) is 3.23. The molecule has 6 nitrogen and oxygen atoms in total. The lowest BCUT2D eigenvalue weighted by Crippen LogP contribution is -2.04. The monoisotopic (exact) mass is 513 g/mol. The summed E-state index contributed by atoms with van der Waals surface area (Å²) in [7, 11) is 1.42. The molecule has 0 amide bonds. The summed E-state index contributed by atoms with van der Waals surface area (Å²) < 4.78 is 26.5. The first-order valence-electron chi connectivity index (χ1n) is 10.5. The van der Waals surface area contributed by atoms with Crippen LogP contribution in [0.15, 0.2) is 77.7 Å². The van der Waals surface area contributed by atoms with Gasteiger partial charge in [-0.15, -0.1) is 0 Å². The minimum atomic E-state index is -1.01. The lowest BCUT2D eigenvalue weighted by molar-refractivity contribution is -0.160. The zero-order valence-electron chi connectivity index (χ0n) is 18.8. The Morgan fingerprint density at radius 2 is 1.91 bits per heavy atom. The molecule has 1 N–H and O–H groups in total. The standard InChI is InChI=1S/C26H21ClFNO5S/c1-16-6-10-24(29(16)20-5-3-4-17(12-20)26(30)31)22-14-21(35-34-32-2)9-11-25(22)33-15-18-7-8-19(28)13-23(18)27/h3-14H,15H2,1-2H3,(H,30,31). The van der Waals surface area contributed by atoms with Crippen LogP contribution in [0.3, 0.4) is 0 Å². The largest absolute Gasteiger partial charge is 0.488 e. The molecule has 4 aromatic rings. The molecule has 1 aromatic heterocycles. The fraction of sp³-hybridized carbons (Fsp3) is 0.115. The number of rotatable bonds is 9. The van der Waals surface area contributed by atoms with Crippen molar-refractivity contribution in [2.24, 2.45) is 0 Å². The predicted octanol–water partition coefficient (Wildman–Crippen LogP) is 7.11. The van der Waals surface area contributed by atoms with Crippen molar-refractivity contribution in [1.82, 2.24) is 4.57 Å². The van der Waals surface area contributed by atoms with Crippen LogP contribution in [0.4, 0.5) is 4.39 Å². The van der Waals surface area contributed by atoms with E-state index in [9.17, 15) is 14.3 Å². The smallest absolute Gasteiger partial charge is 0.335 e. The number of nitrogens with zero attached hydrogens (tertiary/aromatic N) is 1. The highest BCUT2D eigenvalue weighted by Gasteiger charge is 2.17. The Kier molecular flexibility index (Phi) is 7.77. The SMILES string of the molecule is COOSc1ccc(OCc2ccc(F)cc2Cl)c(-c2ccc(C)n2-c2cccc(C(=O)O)c2)c1. The molecule has 35 heavy (non-hydrogen) atoms. The number of ether oxygens (including phenoxy) is 1. The molecule has 0 spiro atoms. The maximum atomic E-state index is 13.4. The number of carboxylic acid groups (broad SMARTS) is 1. The van der Waals surface area contributed by atoms with Crippen LogP contribution in [0.25, 0.3) is 16.9 Å². The number of carbonyl (C=O) groups is 1. The molecular formula is C26H21ClFNO5S. The van der Waals surface area contributed by atoms with Crippen molar-refractivity contribution in [2.75, 3.05) is 7.11 Å². The molecule has 9 heteroatoms. The minimum absolute atomic E-state index is 0.126. The van der Waals surface area contributed by atoms with Crippen molar-refractivity contribution < 1.29 is 28.2 Å². The van der Waals surface area contributed by atoms with Gasteiger partial charge in [-0.1, -0.05) is 23.7 Å². The number of aromatic nitrogens is 1. The quantitative estimate of drug-likeness (QED) is 0.146. The molecular weight excluding hydrogens is 493 g/mol. The molecule has 0 unspecified atom stereocenters. The van der Waals surface area contributed by atoms with Crippen LogP contribution in [0.1, 0.15) is 21.6 Å². The maximum absolute atomic E-state index is 13.4. The van der Waals surface area contributed by atoms with E-state index >= 15 is 0 Å². The zero-order chi connectivity index (χ0) is 24.9. The maximum Gasteiger partial charge on any atom is 0.335 e. The van der Waals surface area contributed by atoms with Gasteiger partial charge in [0.25, 0.3) is 0 Å². The first-order chi connectivity index (χ1) is 16.9. The van der Waals surface area contributed by atoms with Crippen molar-refractivity contribution in [1.29, 1.82) is 0 Å². The van der Waals surface area contributed by atoms with Crippen LogP contribution >= 0.6 is 23.6 Å². The fourth-order valence-electron chi connectivity index (χ4n) is 3.62. The van der Waals surface area contributed by atoms with Gasteiger partial charge in [-0.2, -0.15) is 4.33 Å². The van der Waals surface area contributed by atoms with E-state index in [1.807, 2.05) is 41.8 Å². The highest BCUT2D eigenvalue weighted by molar-refractivity contribution is 7.94. The molecule has 3 aromatic carbocycles. The van der Waals surface area contributed by atoms with E-state index in [4.69, 9.17) is 25.6 Å². The van der Waals surface area contributed by atoms with Gasteiger partial charge in [0.1, 0.15) is 18.2 Å². The second kappa shape index (κ2) is 11.0. The lowest BCUT2D eigenvalue weighted by Gasteiger charge is -2.17. The molecule has 0 atom stereocenters. The van der Waals surface area contributed by atoms with Crippen LogP contribution in [-0.2, 0) is 15.8 Å². The van der Waals surface area contributed by atoms with E-state index < -0.39 is 11.8 Å². The van der Waals surface area contributed by atoms with Gasteiger partial charge in [0.15, 0.2) is 0 Å². The third kappa shape index (κ3) is 5.68. The minimum Gasteiger partial charge on any atom is -0.488 e. The number of hydrogen-bond acceptors (Lipinski definition) is 5. The van der Waals surface area contributed by atoms with Gasteiger partial charge >= 0.3 is 5.97 Å². The zero-order valence-corrected chi connectivity index (χ0v) is 20.4. The summed E-state index contributed by atoms with van der Waals surface area (Å²) in [6, 6.07) is 20.2. The van der Waals surface area contributed by atoms with Gasteiger partial charge in [-0.05, 0) is 67.6 Å². The van der Waals surface area contributed by atoms with E-state index in [0.717, 1.165) is 33.9 Å². The van der Waals surface area contributed by atoms with Crippen LogP contribution in [0, 0.1) is 12.7 Å². The van der Waals surface area contributed by atoms with Gasteiger partial charge in [0, 0.05) is 27.4 Å². The van der Waals surface area contributed by atoms with Crippen molar-refractivity contribution >= 4 is 29.6 Å². The summed E-state index contributed by atoms with van der Waals surface area (Å²) in [6.45, 7) is 2.06. The Balaban J connectivity index is 1.78. The molecule has 0 aliphatic heterocycles. The Morgan fingerprint density at radius 3 is 2.66 bits per heavy atom. The molecule has 4 rings (SSSR count). The highest BCUT2D eigenvalue weighted by Crippen LogP contribution is 2.37. The predicted molar refractivity (Wildman–Crippen MR) is 133 cm³/mol. The molecule has 0 saturated heterocycles. The van der Waals surface area contributed by atoms with Crippen LogP contribution in [0.2, 0.25) is 5.02 Å². The molecule has 1 heterocycles. The van der Waals surface area contributed by atoms with Crippen molar-refractivity contribution in [3.8, 4) is 22.7 Å². The third-order valence-corrected chi connectivity index (χ3v) is 6.25. The van der Waals surface area contributed by atoms with E-state index in [1.54, 1.807) is 30.3 Å². The number of benzene rings is 3. The number of aryl methyl sites for hydroxylation is 1. The average molecular weight is 514 g/mol. The van der Waals surface area contributed by atoms with Gasteiger partial charge in [0.05, 0.1) is 35.4 Å². The van der Waals surface area contributed by atoms with Crippen LogP contribution in [0.5, 0.6) is 5.75 Å². The molecule has 0 saturated carbocycles. The molecule has 0 fully saturated rings. The lowest BCUT2D eigenvalue weighted by atomic mass is 10.1. The number of hydrogen-bond donors (Lipinski definition) is 1. The van der Waals surface area contributed by atoms with Crippen LogP contribution in [-0.4, -0.2) is 22.8 Å². The van der Waals surface area contributed by atoms with Gasteiger partial charge in [-0.25, -0.2) is 14.1 Å². The molecule has 0 bridgehead atoms. The summed E-state index contributed by atoms with van der Waals surface area (Å²) in [5.41, 5.74) is 3.94. The van der Waals surface area contributed by atoms with E-state index in [0.29, 0.717) is 17.0 Å². The number of carboxylic acids is 1. The van der Waals surface area contributed by atoms with E-state index in [1.165, 1.54) is 19.2 Å². The van der Waals surface area contributed by atoms with Gasteiger partial charge in [0.2, 0.25) is 0 Å². The Labute approximate surface area is 211 Å². The number of halogens is 2. The summed E-state index contributed by atoms with van der Waals surface area (Å²) in [6.07, 6.45) is 0. The second-order valence-electron chi connectivity index (χ2n) is 7.55. The summed E-state index contributed by atoms with van der Waals surface area (Å²) in [5.74, 6) is -0.870. The Hall–Kier alpha value is -3.30. The topological polar surface area (TPSA) is 69.9 Å². The summed E-state index contributed by atoms with van der Waals surface area (Å²) in [4.78, 5) is 17.0. The molecule has 0 radical (unpaired) electrons. The van der Waals surface area contributed by atoms with E-state index in [2.05, 4.69) is 0 Å². The van der Waals surface area contributed by atoms with Gasteiger partial charge < -0.3 is 14.4 Å². The van der Waals surface area contributed by atoms with Gasteiger partial charge in [-0.3, -0.25) is 0 Å². The molecule has 0 aliphatic rings. The fourth-order valence-corrected chi connectivity index (χ4v) is 4.28. The first-order valence-corrected chi connectivity index (χ1v) is 11.6. The molecule has 0 aliphatic carbocycles. The summed E-state index contributed by atoms with van der Waals surface area (Å²) in [5, 5.41) is 9.73. The Morgan fingerprint density at radius 1 is 1.09 bits per heavy atom. The second-order valence-corrected chi connectivity index (χ2v) is 8.73. The summed E-state index contributed by atoms with van der Waals surface area (Å²) >= 11 is 7.22. The first kappa shape index (κ1) is 24.8. The van der Waals surface area contributed by atoms with Crippen molar-refractivity contribution in [3.63, 3.8) is 0 Å². The van der Waals surface area contributed by atoms with Crippen molar-refractivity contribution in [3.05, 3.63) is 100 Å². The van der Waals surface area contributed by atoms with E-state index in [-0.39, 0.29) is 17.2 Å². The highest BCUT2D eigenvalue weighted by atomic mass is 35.5. The molecule has 180 valence electrons.